The molecule has 2 aromatic rings. The quantitative estimate of drug-likeness (QED) is 0.894. The molecule has 0 unspecified atom stereocenters. The van der Waals surface area contributed by atoms with Crippen molar-refractivity contribution in [2.24, 2.45) is 0 Å². The van der Waals surface area contributed by atoms with E-state index in [1.165, 1.54) is 0 Å². The Balaban J connectivity index is 1.49. The molecule has 1 N–H and O–H groups in total. The molecule has 1 fully saturated rings. The third kappa shape index (κ3) is 3.50. The summed E-state index contributed by atoms with van der Waals surface area (Å²) < 4.78 is 0. The summed E-state index contributed by atoms with van der Waals surface area (Å²) >= 11 is 0. The molecule has 0 radical (unpaired) electrons. The summed E-state index contributed by atoms with van der Waals surface area (Å²) in [6.07, 6.45) is 2.83. The number of hydrogen-bond acceptors (Lipinski definition) is 3. The third-order valence-corrected chi connectivity index (χ3v) is 5.38. The van der Waals surface area contributed by atoms with Crippen LogP contribution >= 0.6 is 0 Å². The minimum absolute atomic E-state index is 0.00966. The Labute approximate surface area is 164 Å². The number of carbonyl (C=O) groups is 3. The van der Waals surface area contributed by atoms with E-state index in [0.29, 0.717) is 23.4 Å². The van der Waals surface area contributed by atoms with E-state index >= 15 is 0 Å². The lowest BCUT2D eigenvalue weighted by Crippen LogP contribution is -2.27. The largest absolute Gasteiger partial charge is 0.339 e. The Morgan fingerprint density at radius 2 is 1.71 bits per heavy atom. The maximum absolute atomic E-state index is 12.7. The Hall–Kier alpha value is -3.15. The van der Waals surface area contributed by atoms with Crippen molar-refractivity contribution in [2.45, 2.75) is 26.2 Å². The van der Waals surface area contributed by atoms with Crippen molar-refractivity contribution < 1.29 is 14.4 Å². The lowest BCUT2D eigenvalue weighted by molar-refractivity contribution is -0.116. The highest BCUT2D eigenvalue weighted by atomic mass is 16.2. The molecule has 2 aliphatic rings. The summed E-state index contributed by atoms with van der Waals surface area (Å²) in [5.74, 6) is -0.208. The van der Waals surface area contributed by atoms with Crippen molar-refractivity contribution in [3.63, 3.8) is 0 Å². The highest BCUT2D eigenvalue weighted by molar-refractivity contribution is 6.06. The van der Waals surface area contributed by atoms with Crippen LogP contribution in [0.25, 0.3) is 0 Å². The smallest absolute Gasteiger partial charge is 0.255 e. The van der Waals surface area contributed by atoms with Crippen LogP contribution in [0.4, 0.5) is 11.4 Å². The van der Waals surface area contributed by atoms with Gasteiger partial charge in [-0.05, 0) is 61.2 Å². The molecule has 28 heavy (non-hydrogen) atoms. The van der Waals surface area contributed by atoms with Gasteiger partial charge in [-0.2, -0.15) is 0 Å². The molecular weight excluding hydrogens is 354 g/mol. The molecular formula is C22H23N3O3. The molecule has 144 valence electrons. The van der Waals surface area contributed by atoms with Gasteiger partial charge in [0.05, 0.1) is 0 Å². The lowest BCUT2D eigenvalue weighted by Gasteiger charge is -2.16. The van der Waals surface area contributed by atoms with E-state index < -0.39 is 0 Å². The van der Waals surface area contributed by atoms with Crippen LogP contribution in [-0.2, 0) is 11.2 Å². The number of hydrogen-bond donors (Lipinski definition) is 1. The van der Waals surface area contributed by atoms with Crippen LogP contribution in [0.3, 0.4) is 0 Å². The van der Waals surface area contributed by atoms with Gasteiger partial charge in [-0.15, -0.1) is 0 Å². The zero-order chi connectivity index (χ0) is 19.7. The van der Waals surface area contributed by atoms with Crippen molar-refractivity contribution in [3.8, 4) is 0 Å². The highest BCUT2D eigenvalue weighted by Crippen LogP contribution is 2.29. The molecule has 6 heteroatoms. The Kier molecular flexibility index (Phi) is 4.86. The van der Waals surface area contributed by atoms with Crippen LogP contribution in [0, 0.1) is 0 Å². The number of nitrogens with zero attached hydrogens (tertiary/aromatic N) is 2. The maximum Gasteiger partial charge on any atom is 0.255 e. The summed E-state index contributed by atoms with van der Waals surface area (Å²) in [6, 6.07) is 12.5. The first-order valence-corrected chi connectivity index (χ1v) is 9.64. The van der Waals surface area contributed by atoms with Gasteiger partial charge in [-0.3, -0.25) is 14.4 Å². The molecule has 2 heterocycles. The Morgan fingerprint density at radius 1 is 0.929 bits per heavy atom. The first-order chi connectivity index (χ1) is 13.5. The van der Waals surface area contributed by atoms with Gasteiger partial charge in [-0.1, -0.05) is 6.07 Å². The van der Waals surface area contributed by atoms with Crippen LogP contribution in [0.1, 0.15) is 46.0 Å². The predicted molar refractivity (Wildman–Crippen MR) is 108 cm³/mol. The van der Waals surface area contributed by atoms with E-state index in [9.17, 15) is 14.4 Å². The van der Waals surface area contributed by atoms with Gasteiger partial charge in [0.15, 0.2) is 0 Å². The van der Waals surface area contributed by atoms with Crippen LogP contribution in [0.15, 0.2) is 42.5 Å². The normalized spacial score (nSPS) is 15.5. The number of nitrogens with one attached hydrogen (secondary N) is 1. The summed E-state index contributed by atoms with van der Waals surface area (Å²) in [4.78, 5) is 40.5. The first kappa shape index (κ1) is 18.2. The number of benzene rings is 2. The van der Waals surface area contributed by atoms with E-state index in [4.69, 9.17) is 0 Å². The molecule has 2 aromatic carbocycles. The topological polar surface area (TPSA) is 69.7 Å². The van der Waals surface area contributed by atoms with E-state index in [1.807, 2.05) is 17.0 Å². The molecule has 4 rings (SSSR count). The highest BCUT2D eigenvalue weighted by Gasteiger charge is 2.23. The van der Waals surface area contributed by atoms with E-state index in [2.05, 4.69) is 5.32 Å². The van der Waals surface area contributed by atoms with Crippen molar-refractivity contribution in [1.29, 1.82) is 0 Å². The monoisotopic (exact) mass is 377 g/mol. The van der Waals surface area contributed by atoms with Gasteiger partial charge in [0.2, 0.25) is 5.91 Å². The zero-order valence-electron chi connectivity index (χ0n) is 15.9. The standard InChI is InChI=1S/C22H23N3O3/c1-15(26)25-12-9-16-13-17(7-8-20(16)25)21(27)23-19-6-4-5-18(14-19)22(28)24-10-2-3-11-24/h4-8,13-14H,2-3,9-12H2,1H3,(H,23,27). The molecule has 0 saturated carbocycles. The zero-order valence-corrected chi connectivity index (χ0v) is 15.9. The molecule has 2 aliphatic heterocycles. The van der Waals surface area contributed by atoms with Gasteiger partial charge >= 0.3 is 0 Å². The molecule has 0 aromatic heterocycles. The van der Waals surface area contributed by atoms with Crippen LogP contribution < -0.4 is 10.2 Å². The Bertz CT molecular complexity index is 948. The average molecular weight is 377 g/mol. The number of rotatable bonds is 3. The number of likely N-dealkylation sites (tertiary alicyclic amines) is 1. The predicted octanol–water partition coefficient (Wildman–Crippen LogP) is 3.08. The minimum Gasteiger partial charge on any atom is -0.339 e. The summed E-state index contributed by atoms with van der Waals surface area (Å²) in [5.41, 5.74) is 3.61. The number of fused-ring (bicyclic) bond motifs is 1. The van der Waals surface area contributed by atoms with E-state index in [-0.39, 0.29) is 17.7 Å². The van der Waals surface area contributed by atoms with Crippen LogP contribution in [-0.4, -0.2) is 42.3 Å². The van der Waals surface area contributed by atoms with Crippen LogP contribution in [0.5, 0.6) is 0 Å². The van der Waals surface area contributed by atoms with Gasteiger partial charge in [0.25, 0.3) is 11.8 Å². The van der Waals surface area contributed by atoms with Gasteiger partial charge in [0, 0.05) is 49.1 Å². The summed E-state index contributed by atoms with van der Waals surface area (Å²) in [5, 5.41) is 2.88. The Morgan fingerprint density at radius 3 is 2.46 bits per heavy atom. The van der Waals surface area contributed by atoms with Crippen molar-refractivity contribution in [2.75, 3.05) is 29.9 Å². The molecule has 3 amide bonds. The minimum atomic E-state index is -0.227. The molecule has 0 bridgehead atoms. The fourth-order valence-electron chi connectivity index (χ4n) is 3.91. The number of amides is 3. The van der Waals surface area contributed by atoms with Gasteiger partial charge in [0.1, 0.15) is 0 Å². The second-order valence-electron chi connectivity index (χ2n) is 7.30. The fourth-order valence-corrected chi connectivity index (χ4v) is 3.91. The van der Waals surface area contributed by atoms with Crippen molar-refractivity contribution in [1.82, 2.24) is 4.90 Å². The molecule has 0 spiro atoms. The van der Waals surface area contributed by atoms with Gasteiger partial charge in [-0.25, -0.2) is 0 Å². The number of carbonyl (C=O) groups excluding carboxylic acids is 3. The second-order valence-corrected chi connectivity index (χ2v) is 7.30. The fraction of sp³-hybridized carbons (Fsp3) is 0.318. The first-order valence-electron chi connectivity index (χ1n) is 9.64. The average Bonchev–Trinajstić information content (AvgIpc) is 3.37. The van der Waals surface area contributed by atoms with Crippen LogP contribution in [0.2, 0.25) is 0 Å². The summed E-state index contributed by atoms with van der Waals surface area (Å²) in [7, 11) is 0. The molecule has 1 saturated heterocycles. The van der Waals surface area contributed by atoms with E-state index in [1.54, 1.807) is 42.2 Å². The molecule has 0 aliphatic carbocycles. The lowest BCUT2D eigenvalue weighted by atomic mass is 10.1. The molecule has 6 nitrogen and oxygen atoms in total. The second kappa shape index (κ2) is 7.46. The SMILES string of the molecule is CC(=O)N1CCc2cc(C(=O)Nc3cccc(C(=O)N4CCCC4)c3)ccc21. The van der Waals surface area contributed by atoms with Gasteiger partial charge < -0.3 is 15.1 Å². The van der Waals surface area contributed by atoms with Crippen molar-refractivity contribution in [3.05, 3.63) is 59.2 Å². The van der Waals surface area contributed by atoms with E-state index in [0.717, 1.165) is 43.6 Å². The maximum atomic E-state index is 12.7. The summed E-state index contributed by atoms with van der Waals surface area (Å²) in [6.45, 7) is 3.78. The third-order valence-electron chi connectivity index (χ3n) is 5.38. The molecule has 0 atom stereocenters. The van der Waals surface area contributed by atoms with Crippen molar-refractivity contribution >= 4 is 29.1 Å². The number of anilines is 2.